The van der Waals surface area contributed by atoms with Crippen molar-refractivity contribution in [3.05, 3.63) is 11.8 Å². The van der Waals surface area contributed by atoms with Crippen LogP contribution in [-0.4, -0.2) is 6.04 Å². The fourth-order valence-electron chi connectivity index (χ4n) is 0.778. The highest BCUT2D eigenvalue weighted by Gasteiger charge is 2.05. The first kappa shape index (κ1) is 4.69. The van der Waals surface area contributed by atoms with E-state index in [-0.39, 0.29) is 0 Å². The molecule has 0 spiro atoms. The van der Waals surface area contributed by atoms with Crippen molar-refractivity contribution in [2.45, 2.75) is 26.3 Å². The molecule has 1 heteroatoms. The zero-order chi connectivity index (χ0) is 5.28. The Bertz CT molecular complexity index is 94.4. The molecule has 1 nitrogen and oxygen atoms in total. The summed E-state index contributed by atoms with van der Waals surface area (Å²) in [6.45, 7) is 4.20. The monoisotopic (exact) mass is 96.1 g/mol. The maximum atomic E-state index is 3.22. The molecule has 0 aromatic rings. The second kappa shape index (κ2) is 1.57. The second-order valence-electron chi connectivity index (χ2n) is 2.05. The summed E-state index contributed by atoms with van der Waals surface area (Å²) in [6.07, 6.45) is 4.25. The third kappa shape index (κ3) is 0.952. The molecule has 39 valence electrons. The number of rotatable bonds is 0. The van der Waals surface area contributed by atoms with Crippen molar-refractivity contribution in [3.63, 3.8) is 0 Å². The lowest BCUT2D eigenvalue weighted by Gasteiger charge is -2.01. The molecule has 0 saturated heterocycles. The fraction of sp³-hybridized carbons (Fsp3) is 0.667. The van der Waals surface area contributed by atoms with Crippen LogP contribution < -0.4 is 5.32 Å². The van der Waals surface area contributed by atoms with E-state index in [9.17, 15) is 0 Å². The van der Waals surface area contributed by atoms with Gasteiger partial charge in [0.1, 0.15) is 0 Å². The Morgan fingerprint density at radius 2 is 2.57 bits per heavy atom. The number of hydrogen-bond acceptors (Lipinski definition) is 1. The van der Waals surface area contributed by atoms with Gasteiger partial charge in [-0.2, -0.15) is 0 Å². The molecule has 1 unspecified atom stereocenters. The first-order valence-electron chi connectivity index (χ1n) is 2.63. The smallest absolute Gasteiger partial charge is 0.0271 e. The van der Waals surface area contributed by atoms with E-state index in [0.29, 0.717) is 6.04 Å². The molecule has 1 heterocycles. The van der Waals surface area contributed by atoms with Crippen molar-refractivity contribution < 1.29 is 0 Å². The SMILES string of the molecule is CC1=[C]CC(C)N1. The van der Waals surface area contributed by atoms with Crippen molar-refractivity contribution in [2.24, 2.45) is 0 Å². The molecule has 1 aliphatic heterocycles. The Balaban J connectivity index is 2.42. The van der Waals surface area contributed by atoms with E-state index >= 15 is 0 Å². The molecule has 0 saturated carbocycles. The molecule has 1 atom stereocenters. The predicted molar refractivity (Wildman–Crippen MR) is 29.6 cm³/mol. The van der Waals surface area contributed by atoms with Crippen LogP contribution in [0.1, 0.15) is 20.3 Å². The fourth-order valence-corrected chi connectivity index (χ4v) is 0.778. The Morgan fingerprint density at radius 1 is 1.86 bits per heavy atom. The Hall–Kier alpha value is -0.460. The van der Waals surface area contributed by atoms with Crippen molar-refractivity contribution in [3.8, 4) is 0 Å². The molecule has 0 fully saturated rings. The van der Waals surface area contributed by atoms with Crippen LogP contribution in [0.4, 0.5) is 0 Å². The van der Waals surface area contributed by atoms with Crippen molar-refractivity contribution in [1.82, 2.24) is 5.32 Å². The Labute approximate surface area is 44.4 Å². The minimum atomic E-state index is 0.625. The molecule has 1 rings (SSSR count). The van der Waals surface area contributed by atoms with Crippen LogP contribution in [-0.2, 0) is 0 Å². The van der Waals surface area contributed by atoms with Gasteiger partial charge in [-0.05, 0) is 26.3 Å². The normalized spacial score (nSPS) is 29.4. The number of nitrogens with one attached hydrogen (secondary N) is 1. The first-order valence-corrected chi connectivity index (χ1v) is 2.63. The highest BCUT2D eigenvalue weighted by atomic mass is 14.9. The van der Waals surface area contributed by atoms with E-state index in [1.54, 1.807) is 0 Å². The minimum Gasteiger partial charge on any atom is -0.386 e. The van der Waals surface area contributed by atoms with Crippen LogP contribution in [0, 0.1) is 6.08 Å². The molecule has 1 radical (unpaired) electrons. The number of hydrogen-bond donors (Lipinski definition) is 1. The van der Waals surface area contributed by atoms with E-state index in [1.807, 2.05) is 6.92 Å². The maximum Gasteiger partial charge on any atom is 0.0271 e. The van der Waals surface area contributed by atoms with E-state index < -0.39 is 0 Å². The van der Waals surface area contributed by atoms with Crippen LogP contribution in [0.25, 0.3) is 0 Å². The standard InChI is InChI=1S/C6H10N/c1-5-3-4-6(2)7-5/h5,7H,3H2,1-2H3. The Kier molecular flexibility index (Phi) is 1.05. The molecule has 0 aromatic carbocycles. The summed E-state index contributed by atoms with van der Waals surface area (Å²) in [6, 6.07) is 0.625. The van der Waals surface area contributed by atoms with Gasteiger partial charge in [-0.3, -0.25) is 0 Å². The predicted octanol–water partition coefficient (Wildman–Crippen LogP) is 1.08. The molecule has 0 bridgehead atoms. The first-order chi connectivity index (χ1) is 3.29. The lowest BCUT2D eigenvalue weighted by molar-refractivity contribution is 0.669. The highest BCUT2D eigenvalue weighted by Crippen LogP contribution is 2.04. The van der Waals surface area contributed by atoms with Crippen LogP contribution in [0.5, 0.6) is 0 Å². The Morgan fingerprint density at radius 3 is 2.71 bits per heavy atom. The topological polar surface area (TPSA) is 12.0 Å². The lowest BCUT2D eigenvalue weighted by Crippen LogP contribution is -2.16. The second-order valence-corrected chi connectivity index (χ2v) is 2.05. The summed E-state index contributed by atoms with van der Waals surface area (Å²) in [5.41, 5.74) is 1.20. The minimum absolute atomic E-state index is 0.625. The molecule has 0 amide bonds. The van der Waals surface area contributed by atoms with Crippen molar-refractivity contribution >= 4 is 0 Å². The largest absolute Gasteiger partial charge is 0.386 e. The molecule has 7 heavy (non-hydrogen) atoms. The van der Waals surface area contributed by atoms with Crippen LogP contribution >= 0.6 is 0 Å². The van der Waals surface area contributed by atoms with Gasteiger partial charge in [0.05, 0.1) is 0 Å². The van der Waals surface area contributed by atoms with Gasteiger partial charge < -0.3 is 5.32 Å². The van der Waals surface area contributed by atoms with E-state index in [4.69, 9.17) is 0 Å². The summed E-state index contributed by atoms with van der Waals surface area (Å²) in [5, 5.41) is 3.22. The molecule has 0 aliphatic carbocycles. The third-order valence-corrected chi connectivity index (χ3v) is 1.14. The molecule has 1 N–H and O–H groups in total. The summed E-state index contributed by atoms with van der Waals surface area (Å²) >= 11 is 0. The third-order valence-electron chi connectivity index (χ3n) is 1.14. The highest BCUT2D eigenvalue weighted by molar-refractivity contribution is 4.99. The molecular weight excluding hydrogens is 86.1 g/mol. The van der Waals surface area contributed by atoms with Gasteiger partial charge >= 0.3 is 0 Å². The summed E-state index contributed by atoms with van der Waals surface area (Å²) in [5.74, 6) is 0. The van der Waals surface area contributed by atoms with Gasteiger partial charge in [0.2, 0.25) is 0 Å². The summed E-state index contributed by atoms with van der Waals surface area (Å²) < 4.78 is 0. The van der Waals surface area contributed by atoms with Gasteiger partial charge in [-0.1, -0.05) is 0 Å². The van der Waals surface area contributed by atoms with Crippen LogP contribution in [0.3, 0.4) is 0 Å². The van der Waals surface area contributed by atoms with Gasteiger partial charge in [-0.15, -0.1) is 0 Å². The van der Waals surface area contributed by atoms with Gasteiger partial charge in [-0.25, -0.2) is 0 Å². The summed E-state index contributed by atoms with van der Waals surface area (Å²) in [4.78, 5) is 0. The zero-order valence-corrected chi connectivity index (χ0v) is 4.78. The molecule has 1 aliphatic rings. The van der Waals surface area contributed by atoms with Crippen molar-refractivity contribution in [1.29, 1.82) is 0 Å². The van der Waals surface area contributed by atoms with Crippen LogP contribution in [0.2, 0.25) is 0 Å². The lowest BCUT2D eigenvalue weighted by atomic mass is 10.3. The average molecular weight is 96.2 g/mol. The van der Waals surface area contributed by atoms with Gasteiger partial charge in [0.25, 0.3) is 0 Å². The quantitative estimate of drug-likeness (QED) is 0.475. The van der Waals surface area contributed by atoms with Crippen LogP contribution in [0.15, 0.2) is 5.70 Å². The zero-order valence-electron chi connectivity index (χ0n) is 4.78. The average Bonchev–Trinajstić information content (AvgIpc) is 1.87. The van der Waals surface area contributed by atoms with Gasteiger partial charge in [0, 0.05) is 11.7 Å². The maximum absolute atomic E-state index is 3.22. The van der Waals surface area contributed by atoms with Gasteiger partial charge in [0.15, 0.2) is 0 Å². The van der Waals surface area contributed by atoms with Crippen molar-refractivity contribution in [2.75, 3.05) is 0 Å². The van der Waals surface area contributed by atoms with E-state index in [1.165, 1.54) is 5.70 Å². The number of allylic oxidation sites excluding steroid dienone is 1. The molecule has 0 aromatic heterocycles. The summed E-state index contributed by atoms with van der Waals surface area (Å²) in [7, 11) is 0. The van der Waals surface area contributed by atoms with E-state index in [0.717, 1.165) is 6.42 Å². The van der Waals surface area contributed by atoms with E-state index in [2.05, 4.69) is 18.3 Å². The molecular formula is C6H10N.